The third-order valence-electron chi connectivity index (χ3n) is 1.75. The van der Waals surface area contributed by atoms with E-state index in [1.165, 1.54) is 11.1 Å². The lowest BCUT2D eigenvalue weighted by atomic mass is 10.1. The molecule has 0 amide bonds. The van der Waals surface area contributed by atoms with Crippen molar-refractivity contribution in [2.24, 2.45) is 0 Å². The molecule has 1 aromatic rings. The van der Waals surface area contributed by atoms with Crippen LogP contribution in [0.3, 0.4) is 0 Å². The topological polar surface area (TPSA) is 12.0 Å². The van der Waals surface area contributed by atoms with E-state index in [-0.39, 0.29) is 22.3 Å². The molecule has 0 atom stereocenters. The van der Waals surface area contributed by atoms with E-state index in [0.717, 1.165) is 13.1 Å². The van der Waals surface area contributed by atoms with E-state index in [2.05, 4.69) is 29.6 Å². The summed E-state index contributed by atoms with van der Waals surface area (Å²) in [6, 6.07) is 8.53. The van der Waals surface area contributed by atoms with Crippen LogP contribution in [0.5, 0.6) is 0 Å². The van der Waals surface area contributed by atoms with Crippen LogP contribution < -0.4 is 5.32 Å². The summed E-state index contributed by atoms with van der Waals surface area (Å²) in [6.45, 7) is 2.10. The van der Waals surface area contributed by atoms with Gasteiger partial charge in [0.2, 0.25) is 0 Å². The zero-order chi connectivity index (χ0) is 10.1. The van der Waals surface area contributed by atoms with Crippen molar-refractivity contribution in [2.45, 2.75) is 35.4 Å². The number of alkyl halides is 2. The van der Waals surface area contributed by atoms with Gasteiger partial charge in [-0.2, -0.15) is 0 Å². The maximum atomic E-state index is 9.50. The molecule has 0 spiro atoms. The lowest BCUT2D eigenvalue weighted by Gasteiger charge is -1.91. The quantitative estimate of drug-likeness (QED) is 0.704. The molecule has 0 saturated carbocycles. The molecule has 0 aromatic heterocycles. The number of fused-ring (bicyclic) bond motifs is 1. The van der Waals surface area contributed by atoms with Crippen molar-refractivity contribution in [3.63, 3.8) is 0 Å². The summed E-state index contributed by atoms with van der Waals surface area (Å²) in [6.07, 6.45) is 0. The average molecular weight is 235 g/mol. The minimum absolute atomic E-state index is 0. The standard InChI is InChI=1S/C8H9N.2CH3F.3CH4/c1-2-4-8-6-9-5-7(8)3-1;2*1-2;;;/h1-4,9H,5-6H2;2*1H3;3*1H4. The van der Waals surface area contributed by atoms with Crippen molar-refractivity contribution < 1.29 is 8.78 Å². The summed E-state index contributed by atoms with van der Waals surface area (Å²) >= 11 is 0. The van der Waals surface area contributed by atoms with Gasteiger partial charge in [-0.1, -0.05) is 46.5 Å². The summed E-state index contributed by atoms with van der Waals surface area (Å²) in [5, 5.41) is 3.29. The fraction of sp³-hybridized carbons (Fsp3) is 0.538. The predicted molar refractivity (Wildman–Crippen MR) is 71.2 cm³/mol. The summed E-state index contributed by atoms with van der Waals surface area (Å²) in [5.74, 6) is 0. The maximum absolute atomic E-state index is 9.50. The summed E-state index contributed by atoms with van der Waals surface area (Å²) in [7, 11) is 1.00. The van der Waals surface area contributed by atoms with Crippen LogP contribution in [-0.2, 0) is 13.1 Å². The Labute approximate surface area is 99.9 Å². The first-order chi connectivity index (χ1) is 6.47. The molecule has 1 N–H and O–H groups in total. The molecule has 0 bridgehead atoms. The van der Waals surface area contributed by atoms with Gasteiger partial charge in [0, 0.05) is 13.1 Å². The van der Waals surface area contributed by atoms with Crippen molar-refractivity contribution in [1.82, 2.24) is 5.32 Å². The largest absolute Gasteiger partial charge is 0.309 e. The van der Waals surface area contributed by atoms with E-state index < -0.39 is 0 Å². The number of hydrogen-bond acceptors (Lipinski definition) is 1. The van der Waals surface area contributed by atoms with Gasteiger partial charge in [-0.15, -0.1) is 0 Å². The zero-order valence-electron chi connectivity index (χ0n) is 7.98. The van der Waals surface area contributed by atoms with Crippen LogP contribution in [0.25, 0.3) is 0 Å². The Bertz CT molecular complexity index is 204. The second-order valence-electron chi connectivity index (χ2n) is 2.37. The Morgan fingerprint density at radius 3 is 1.44 bits per heavy atom. The van der Waals surface area contributed by atoms with Crippen LogP contribution in [0.1, 0.15) is 33.4 Å². The highest BCUT2D eigenvalue weighted by Gasteiger charge is 2.06. The molecule has 0 radical (unpaired) electrons. The monoisotopic (exact) mass is 235 g/mol. The van der Waals surface area contributed by atoms with Gasteiger partial charge in [0.25, 0.3) is 0 Å². The van der Waals surface area contributed by atoms with Crippen LogP contribution in [0.4, 0.5) is 8.78 Å². The second kappa shape index (κ2) is 16.5. The molecule has 16 heavy (non-hydrogen) atoms. The minimum Gasteiger partial charge on any atom is -0.309 e. The highest BCUT2D eigenvalue weighted by molar-refractivity contribution is 5.29. The van der Waals surface area contributed by atoms with Crippen LogP contribution in [0.15, 0.2) is 24.3 Å². The summed E-state index contributed by atoms with van der Waals surface area (Å²) < 4.78 is 19.0. The zero-order valence-corrected chi connectivity index (χ0v) is 7.98. The van der Waals surface area contributed by atoms with E-state index in [9.17, 15) is 8.78 Å². The third kappa shape index (κ3) is 7.35. The van der Waals surface area contributed by atoms with E-state index in [4.69, 9.17) is 0 Å². The van der Waals surface area contributed by atoms with Gasteiger partial charge >= 0.3 is 0 Å². The van der Waals surface area contributed by atoms with Gasteiger partial charge in [-0.25, -0.2) is 0 Å². The number of nitrogens with one attached hydrogen (secondary N) is 1. The highest BCUT2D eigenvalue weighted by Crippen LogP contribution is 2.12. The lowest BCUT2D eigenvalue weighted by molar-refractivity contribution is 0.635. The first kappa shape index (κ1) is 24.3. The normalized spacial score (nSPS) is 9.50. The van der Waals surface area contributed by atoms with Crippen molar-refractivity contribution in [3.8, 4) is 0 Å². The predicted octanol–water partition coefficient (Wildman–Crippen LogP) is 4.37. The van der Waals surface area contributed by atoms with Gasteiger partial charge in [0.1, 0.15) is 0 Å². The number of rotatable bonds is 0. The third-order valence-corrected chi connectivity index (χ3v) is 1.75. The smallest absolute Gasteiger partial charge is 0.0785 e. The van der Waals surface area contributed by atoms with E-state index >= 15 is 0 Å². The highest BCUT2D eigenvalue weighted by atomic mass is 19.1. The van der Waals surface area contributed by atoms with Crippen LogP contribution >= 0.6 is 0 Å². The van der Waals surface area contributed by atoms with Crippen LogP contribution in [-0.4, -0.2) is 14.4 Å². The Kier molecular flexibility index (Phi) is 25.0. The number of halogens is 2. The maximum Gasteiger partial charge on any atom is 0.0785 e. The van der Waals surface area contributed by atoms with E-state index in [1.807, 2.05) is 0 Å². The Morgan fingerprint density at radius 1 is 0.812 bits per heavy atom. The molecule has 2 rings (SSSR count). The van der Waals surface area contributed by atoms with Gasteiger partial charge in [-0.3, -0.25) is 8.78 Å². The molecular weight excluding hydrogens is 208 g/mol. The lowest BCUT2D eigenvalue weighted by Crippen LogP contribution is -1.99. The Hall–Kier alpha value is -0.960. The first-order valence-electron chi connectivity index (χ1n) is 4.00. The van der Waals surface area contributed by atoms with Crippen molar-refractivity contribution in [1.29, 1.82) is 0 Å². The average Bonchev–Trinajstić information content (AvgIpc) is 2.71. The molecule has 1 aromatic carbocycles. The molecule has 3 heteroatoms. The van der Waals surface area contributed by atoms with Crippen LogP contribution in [0, 0.1) is 0 Å². The van der Waals surface area contributed by atoms with Crippen LogP contribution in [0.2, 0.25) is 0 Å². The van der Waals surface area contributed by atoms with Gasteiger partial charge < -0.3 is 5.32 Å². The molecule has 1 heterocycles. The molecule has 0 aliphatic carbocycles. The van der Waals surface area contributed by atoms with Gasteiger partial charge in [0.15, 0.2) is 0 Å². The molecule has 1 aliphatic rings. The fourth-order valence-electron chi connectivity index (χ4n) is 1.23. The number of benzene rings is 1. The Balaban J connectivity index is -0.0000000943. The minimum atomic E-state index is 0. The molecule has 0 saturated heterocycles. The molecule has 98 valence electrons. The SMILES string of the molecule is C.C.C.CF.CF.c1ccc2c(c1)CNC2. The molecular formula is C13H27F2N. The van der Waals surface area contributed by atoms with Crippen molar-refractivity contribution in [3.05, 3.63) is 35.4 Å². The summed E-state index contributed by atoms with van der Waals surface area (Å²) in [5.41, 5.74) is 2.91. The second-order valence-corrected chi connectivity index (χ2v) is 2.37. The molecule has 0 fully saturated rings. The van der Waals surface area contributed by atoms with Crippen molar-refractivity contribution >= 4 is 0 Å². The molecule has 0 unspecified atom stereocenters. The van der Waals surface area contributed by atoms with Gasteiger partial charge in [0.05, 0.1) is 14.4 Å². The molecule has 1 nitrogen and oxygen atoms in total. The number of hydrogen-bond donors (Lipinski definition) is 1. The van der Waals surface area contributed by atoms with Gasteiger partial charge in [-0.05, 0) is 11.1 Å². The van der Waals surface area contributed by atoms with E-state index in [0.29, 0.717) is 14.4 Å². The first-order valence-corrected chi connectivity index (χ1v) is 4.00. The van der Waals surface area contributed by atoms with Crippen molar-refractivity contribution in [2.75, 3.05) is 14.4 Å². The molecule has 1 aliphatic heterocycles. The van der Waals surface area contributed by atoms with E-state index in [1.54, 1.807) is 0 Å². The summed E-state index contributed by atoms with van der Waals surface area (Å²) in [4.78, 5) is 0. The fourth-order valence-corrected chi connectivity index (χ4v) is 1.23. The Morgan fingerprint density at radius 2 is 1.12 bits per heavy atom.